The minimum absolute atomic E-state index is 0.0419. The summed E-state index contributed by atoms with van der Waals surface area (Å²) in [4.78, 5) is 23.7. The Morgan fingerprint density at radius 1 is 1.19 bits per heavy atom. The Hall–Kier alpha value is -1.67. The predicted molar refractivity (Wildman–Crippen MR) is 106 cm³/mol. The third kappa shape index (κ3) is 5.67. The zero-order chi connectivity index (χ0) is 19.3. The lowest BCUT2D eigenvalue weighted by atomic mass is 10.1. The van der Waals surface area contributed by atoms with Crippen molar-refractivity contribution in [2.24, 2.45) is 11.7 Å². The largest absolute Gasteiger partial charge is 0.370 e. The fourth-order valence-corrected chi connectivity index (χ4v) is 3.65. The van der Waals surface area contributed by atoms with Crippen molar-refractivity contribution < 1.29 is 9.59 Å². The van der Waals surface area contributed by atoms with Crippen molar-refractivity contribution >= 4 is 39.4 Å². The summed E-state index contributed by atoms with van der Waals surface area (Å²) in [5.74, 6) is 0.788. The first kappa shape index (κ1) is 20.6. The van der Waals surface area contributed by atoms with Crippen LogP contribution in [0.15, 0.2) is 33.9 Å². The molecule has 0 aliphatic rings. The van der Waals surface area contributed by atoms with Crippen LogP contribution in [0, 0.1) is 5.92 Å². The highest BCUT2D eigenvalue weighted by molar-refractivity contribution is 9.10. The molecule has 2 aromatic rings. The number of nitrogens with zero attached hydrogens (tertiary/aromatic N) is 3. The van der Waals surface area contributed by atoms with Crippen LogP contribution in [0.1, 0.15) is 43.4 Å². The van der Waals surface area contributed by atoms with Crippen LogP contribution in [-0.2, 0) is 17.8 Å². The van der Waals surface area contributed by atoms with Gasteiger partial charge in [0.1, 0.15) is 5.82 Å². The molecule has 6 nitrogen and oxygen atoms in total. The van der Waals surface area contributed by atoms with Crippen molar-refractivity contribution in [2.45, 2.75) is 50.6 Å². The van der Waals surface area contributed by atoms with Crippen molar-refractivity contribution in [3.8, 4) is 0 Å². The lowest BCUT2D eigenvalue weighted by Crippen LogP contribution is -2.17. The van der Waals surface area contributed by atoms with E-state index in [1.54, 1.807) is 12.1 Å². The van der Waals surface area contributed by atoms with E-state index >= 15 is 0 Å². The molecule has 1 amide bonds. The standard InChI is InChI=1S/C18H23BrN4O2S/c1-11(2)10-23-16(9-8-15(20)24)21-22-18(23)26-12(3)17(25)13-4-6-14(19)7-5-13/h4-7,11-12H,8-10H2,1-3H3,(H2,20,24)/t12-/m0/s1. The van der Waals surface area contributed by atoms with E-state index in [0.29, 0.717) is 23.1 Å². The third-order valence-corrected chi connectivity index (χ3v) is 5.33. The number of Topliss-reactive ketones (excluding diaryl/α,β-unsaturated/α-hetero) is 1. The molecule has 26 heavy (non-hydrogen) atoms. The summed E-state index contributed by atoms with van der Waals surface area (Å²) in [5.41, 5.74) is 5.91. The summed E-state index contributed by atoms with van der Waals surface area (Å²) < 4.78 is 2.93. The molecular weight excluding hydrogens is 416 g/mol. The van der Waals surface area contributed by atoms with E-state index in [9.17, 15) is 9.59 Å². The third-order valence-electron chi connectivity index (χ3n) is 3.72. The Labute approximate surface area is 166 Å². The first-order chi connectivity index (χ1) is 12.3. The number of rotatable bonds is 9. The maximum Gasteiger partial charge on any atom is 0.217 e. The van der Waals surface area contributed by atoms with Gasteiger partial charge in [0.25, 0.3) is 0 Å². The fraction of sp³-hybridized carbons (Fsp3) is 0.444. The molecule has 0 saturated heterocycles. The molecule has 140 valence electrons. The zero-order valence-electron chi connectivity index (χ0n) is 15.1. The molecule has 1 aromatic heterocycles. The van der Waals surface area contributed by atoms with Crippen LogP contribution < -0.4 is 5.73 Å². The second kappa shape index (κ2) is 9.32. The predicted octanol–water partition coefficient (Wildman–Crippen LogP) is 3.48. The van der Waals surface area contributed by atoms with Crippen LogP contribution in [0.25, 0.3) is 0 Å². The SMILES string of the molecule is CC(C)Cn1c(CCC(N)=O)nnc1S[C@@H](C)C(=O)c1ccc(Br)cc1. The first-order valence-electron chi connectivity index (χ1n) is 8.44. The summed E-state index contributed by atoms with van der Waals surface area (Å²) in [6.07, 6.45) is 0.679. The molecule has 0 fully saturated rings. The van der Waals surface area contributed by atoms with Crippen LogP contribution >= 0.6 is 27.7 Å². The van der Waals surface area contributed by atoms with E-state index in [-0.39, 0.29) is 23.4 Å². The number of hydrogen-bond acceptors (Lipinski definition) is 5. The van der Waals surface area contributed by atoms with Gasteiger partial charge in [0, 0.05) is 29.4 Å². The molecule has 0 unspecified atom stereocenters. The molecule has 0 bridgehead atoms. The molecule has 0 saturated carbocycles. The molecule has 1 heterocycles. The molecular formula is C18H23BrN4O2S. The molecule has 1 aromatic carbocycles. The number of amides is 1. The molecule has 8 heteroatoms. The van der Waals surface area contributed by atoms with Crippen LogP contribution in [0.2, 0.25) is 0 Å². The summed E-state index contributed by atoms with van der Waals surface area (Å²) in [6.45, 7) is 6.79. The number of halogens is 1. The van der Waals surface area contributed by atoms with Gasteiger partial charge in [-0.05, 0) is 25.0 Å². The average Bonchev–Trinajstić information content (AvgIpc) is 2.94. The smallest absolute Gasteiger partial charge is 0.217 e. The first-order valence-corrected chi connectivity index (χ1v) is 10.1. The Bertz CT molecular complexity index is 774. The van der Waals surface area contributed by atoms with Gasteiger partial charge in [-0.2, -0.15) is 0 Å². The highest BCUT2D eigenvalue weighted by atomic mass is 79.9. The topological polar surface area (TPSA) is 90.9 Å². The van der Waals surface area contributed by atoms with E-state index in [0.717, 1.165) is 16.8 Å². The van der Waals surface area contributed by atoms with Crippen LogP contribution in [0.5, 0.6) is 0 Å². The molecule has 0 aliphatic heterocycles. The van der Waals surface area contributed by atoms with Crippen molar-refractivity contribution in [3.05, 3.63) is 40.1 Å². The lowest BCUT2D eigenvalue weighted by molar-refractivity contribution is -0.118. The number of carbonyl (C=O) groups is 2. The number of ketones is 1. The van der Waals surface area contributed by atoms with E-state index in [1.807, 2.05) is 23.6 Å². The van der Waals surface area contributed by atoms with E-state index in [4.69, 9.17) is 5.73 Å². The minimum atomic E-state index is -0.364. The Morgan fingerprint density at radius 2 is 1.85 bits per heavy atom. The van der Waals surface area contributed by atoms with Gasteiger partial charge >= 0.3 is 0 Å². The quantitative estimate of drug-likeness (QED) is 0.477. The van der Waals surface area contributed by atoms with Gasteiger partial charge in [-0.1, -0.05) is 53.7 Å². The minimum Gasteiger partial charge on any atom is -0.370 e. The number of thioether (sulfide) groups is 1. The van der Waals surface area contributed by atoms with E-state index in [2.05, 4.69) is 40.0 Å². The average molecular weight is 439 g/mol. The van der Waals surface area contributed by atoms with E-state index in [1.165, 1.54) is 11.8 Å². The maximum absolute atomic E-state index is 12.7. The Kier molecular flexibility index (Phi) is 7.40. The Morgan fingerprint density at radius 3 is 2.42 bits per heavy atom. The molecule has 0 spiro atoms. The van der Waals surface area contributed by atoms with Gasteiger partial charge in [-0.25, -0.2) is 0 Å². The maximum atomic E-state index is 12.7. The molecule has 2 rings (SSSR count). The summed E-state index contributed by atoms with van der Waals surface area (Å²) in [6, 6.07) is 7.32. The number of benzene rings is 1. The number of hydrogen-bond donors (Lipinski definition) is 1. The van der Waals surface area contributed by atoms with Crippen molar-refractivity contribution in [3.63, 3.8) is 0 Å². The van der Waals surface area contributed by atoms with Gasteiger partial charge in [-0.3, -0.25) is 9.59 Å². The van der Waals surface area contributed by atoms with Gasteiger partial charge in [0.2, 0.25) is 5.91 Å². The highest BCUT2D eigenvalue weighted by Crippen LogP contribution is 2.26. The lowest BCUT2D eigenvalue weighted by Gasteiger charge is -2.14. The van der Waals surface area contributed by atoms with Crippen molar-refractivity contribution in [1.29, 1.82) is 0 Å². The monoisotopic (exact) mass is 438 g/mol. The zero-order valence-corrected chi connectivity index (χ0v) is 17.5. The second-order valence-corrected chi connectivity index (χ2v) is 8.72. The van der Waals surface area contributed by atoms with Crippen molar-refractivity contribution in [2.75, 3.05) is 0 Å². The van der Waals surface area contributed by atoms with Crippen LogP contribution in [0.3, 0.4) is 0 Å². The summed E-state index contributed by atoms with van der Waals surface area (Å²) >= 11 is 4.76. The van der Waals surface area contributed by atoms with Crippen molar-refractivity contribution in [1.82, 2.24) is 14.8 Å². The second-order valence-electron chi connectivity index (χ2n) is 6.50. The summed E-state index contributed by atoms with van der Waals surface area (Å²) in [5, 5.41) is 8.84. The van der Waals surface area contributed by atoms with Gasteiger partial charge < -0.3 is 10.3 Å². The number of aromatic nitrogens is 3. The molecule has 2 N–H and O–H groups in total. The van der Waals surface area contributed by atoms with E-state index < -0.39 is 0 Å². The van der Waals surface area contributed by atoms with Gasteiger partial charge in [0.15, 0.2) is 10.9 Å². The van der Waals surface area contributed by atoms with Gasteiger partial charge in [0.05, 0.1) is 5.25 Å². The number of aryl methyl sites for hydroxylation is 1. The van der Waals surface area contributed by atoms with Crippen LogP contribution in [-0.4, -0.2) is 31.7 Å². The molecule has 1 atom stereocenters. The van der Waals surface area contributed by atoms with Gasteiger partial charge in [-0.15, -0.1) is 10.2 Å². The normalized spacial score (nSPS) is 12.3. The fourth-order valence-electron chi connectivity index (χ4n) is 2.44. The molecule has 0 radical (unpaired) electrons. The van der Waals surface area contributed by atoms with Crippen LogP contribution in [0.4, 0.5) is 0 Å². The summed E-state index contributed by atoms with van der Waals surface area (Å²) in [7, 11) is 0. The molecule has 0 aliphatic carbocycles. The Balaban J connectivity index is 2.17. The number of nitrogens with two attached hydrogens (primary N) is 1. The highest BCUT2D eigenvalue weighted by Gasteiger charge is 2.21. The number of primary amides is 1. The number of carbonyl (C=O) groups excluding carboxylic acids is 2.